The van der Waals surface area contributed by atoms with Crippen LogP contribution in [0.25, 0.3) is 6.08 Å². The first kappa shape index (κ1) is 29.0. The maximum Gasteiger partial charge on any atom is 0.0478 e. The Kier molecular flexibility index (Phi) is 11.5. The molecule has 2 aromatic carbocycles. The molecule has 1 aliphatic rings. The van der Waals surface area contributed by atoms with Crippen LogP contribution in [0.2, 0.25) is 0 Å². The molecule has 1 aliphatic carbocycles. The highest BCUT2D eigenvalue weighted by Crippen LogP contribution is 2.34. The second-order valence-corrected chi connectivity index (χ2v) is 10.5. The Morgan fingerprint density at radius 1 is 0.947 bits per heavy atom. The Bertz CT molecular complexity index is 1150. The van der Waals surface area contributed by atoms with Gasteiger partial charge in [-0.1, -0.05) is 112 Å². The standard InChI is InChI=1S/C36H46N2/c1-7-14-33(17-12-15-31-23-25-35(26-24-31)37(5)6)28-38(30(4)34-18-10-9-11-19-34)36-20-13-16-32(27-36)22-21-29(3)8-2/h7,12-14,16-17,20-27,34H,1,3-4,8-11,15,18-19,28H2,2,5-6H3/b17-12-,22-21+,33-14+. The summed E-state index contributed by atoms with van der Waals surface area (Å²) in [5.74, 6) is 0.534. The van der Waals surface area contributed by atoms with Crippen molar-refractivity contribution in [3.05, 3.63) is 127 Å². The van der Waals surface area contributed by atoms with E-state index in [1.165, 1.54) is 65.9 Å². The monoisotopic (exact) mass is 506 g/mol. The van der Waals surface area contributed by atoms with Crippen molar-refractivity contribution in [1.82, 2.24) is 0 Å². The summed E-state index contributed by atoms with van der Waals surface area (Å²) in [6, 6.07) is 17.6. The van der Waals surface area contributed by atoms with Crippen molar-refractivity contribution in [1.29, 1.82) is 0 Å². The van der Waals surface area contributed by atoms with Gasteiger partial charge in [-0.3, -0.25) is 0 Å². The minimum Gasteiger partial charge on any atom is -0.378 e. The summed E-state index contributed by atoms with van der Waals surface area (Å²) in [5.41, 5.74) is 8.49. The maximum absolute atomic E-state index is 4.65. The molecule has 0 heterocycles. The first-order chi connectivity index (χ1) is 18.4. The van der Waals surface area contributed by atoms with Crippen molar-refractivity contribution in [3.8, 4) is 0 Å². The van der Waals surface area contributed by atoms with E-state index in [4.69, 9.17) is 0 Å². The zero-order valence-corrected chi connectivity index (χ0v) is 23.8. The largest absolute Gasteiger partial charge is 0.378 e. The van der Waals surface area contributed by atoms with E-state index in [0.29, 0.717) is 5.92 Å². The summed E-state index contributed by atoms with van der Waals surface area (Å²) in [6.45, 7) is 15.7. The number of allylic oxidation sites excluding steroid dienone is 6. The van der Waals surface area contributed by atoms with Crippen LogP contribution < -0.4 is 9.80 Å². The zero-order chi connectivity index (χ0) is 27.3. The van der Waals surface area contributed by atoms with Crippen LogP contribution >= 0.6 is 0 Å². The molecule has 1 fully saturated rings. The average molecular weight is 507 g/mol. The molecule has 0 bridgehead atoms. The zero-order valence-electron chi connectivity index (χ0n) is 23.8. The van der Waals surface area contributed by atoms with Gasteiger partial charge in [-0.15, -0.1) is 0 Å². The minimum absolute atomic E-state index is 0.534. The van der Waals surface area contributed by atoms with Gasteiger partial charge in [0.05, 0.1) is 0 Å². The lowest BCUT2D eigenvalue weighted by Gasteiger charge is -2.34. The van der Waals surface area contributed by atoms with Crippen molar-refractivity contribution < 1.29 is 0 Å². The quantitative estimate of drug-likeness (QED) is 0.250. The summed E-state index contributed by atoms with van der Waals surface area (Å²) in [6.07, 6.45) is 21.0. The second-order valence-electron chi connectivity index (χ2n) is 10.5. The summed E-state index contributed by atoms with van der Waals surface area (Å²) in [7, 11) is 4.14. The second kappa shape index (κ2) is 15.0. The molecule has 0 saturated heterocycles. The Morgan fingerprint density at radius 2 is 1.68 bits per heavy atom. The van der Waals surface area contributed by atoms with Gasteiger partial charge in [0.2, 0.25) is 0 Å². The number of hydrogen-bond acceptors (Lipinski definition) is 2. The molecule has 0 radical (unpaired) electrons. The molecular formula is C36H46N2. The molecule has 3 rings (SSSR count). The Balaban J connectivity index is 1.83. The fourth-order valence-electron chi connectivity index (χ4n) is 4.91. The maximum atomic E-state index is 4.65. The smallest absolute Gasteiger partial charge is 0.0478 e. The first-order valence-corrected chi connectivity index (χ1v) is 14.1. The molecule has 200 valence electrons. The molecule has 0 unspecified atom stereocenters. The number of benzene rings is 2. The van der Waals surface area contributed by atoms with E-state index in [1.807, 2.05) is 6.08 Å². The van der Waals surface area contributed by atoms with E-state index in [-0.39, 0.29) is 0 Å². The van der Waals surface area contributed by atoms with Crippen molar-refractivity contribution in [3.63, 3.8) is 0 Å². The van der Waals surface area contributed by atoms with Crippen LogP contribution in [0.5, 0.6) is 0 Å². The van der Waals surface area contributed by atoms with Crippen molar-refractivity contribution in [2.24, 2.45) is 5.92 Å². The van der Waals surface area contributed by atoms with Gasteiger partial charge < -0.3 is 9.80 Å². The van der Waals surface area contributed by atoms with Gasteiger partial charge in [0.15, 0.2) is 0 Å². The van der Waals surface area contributed by atoms with Crippen LogP contribution in [0.3, 0.4) is 0 Å². The molecular weight excluding hydrogens is 460 g/mol. The van der Waals surface area contributed by atoms with Crippen LogP contribution in [0.4, 0.5) is 11.4 Å². The number of hydrogen-bond donors (Lipinski definition) is 0. The number of rotatable bonds is 13. The molecule has 0 spiro atoms. The molecule has 0 aromatic heterocycles. The number of nitrogens with zero attached hydrogens (tertiary/aromatic N) is 2. The highest BCUT2D eigenvalue weighted by atomic mass is 15.1. The van der Waals surface area contributed by atoms with E-state index in [9.17, 15) is 0 Å². The highest BCUT2D eigenvalue weighted by molar-refractivity contribution is 5.63. The van der Waals surface area contributed by atoms with E-state index >= 15 is 0 Å². The van der Waals surface area contributed by atoms with Crippen LogP contribution in [0, 0.1) is 5.92 Å². The van der Waals surface area contributed by atoms with E-state index in [0.717, 1.165) is 25.0 Å². The van der Waals surface area contributed by atoms with Gasteiger partial charge in [0, 0.05) is 37.7 Å². The van der Waals surface area contributed by atoms with Gasteiger partial charge in [-0.05, 0) is 72.6 Å². The van der Waals surface area contributed by atoms with Crippen molar-refractivity contribution >= 4 is 17.5 Å². The molecule has 1 saturated carbocycles. The predicted octanol–water partition coefficient (Wildman–Crippen LogP) is 9.54. The Labute approximate surface area is 232 Å². The third kappa shape index (κ3) is 8.80. The SMILES string of the molecule is C=C/C=C(\C=C/Cc1ccc(N(C)C)cc1)CN(C(=C)C1CCCCC1)c1cccc(/C=C/C(=C)CC)c1. The molecule has 0 atom stereocenters. The fraction of sp³-hybridized carbons (Fsp3) is 0.333. The molecule has 0 amide bonds. The van der Waals surface area contributed by atoms with Gasteiger partial charge >= 0.3 is 0 Å². The summed E-state index contributed by atoms with van der Waals surface area (Å²) in [4.78, 5) is 4.55. The highest BCUT2D eigenvalue weighted by Gasteiger charge is 2.22. The molecule has 0 aliphatic heterocycles. The van der Waals surface area contributed by atoms with Crippen molar-refractivity contribution in [2.75, 3.05) is 30.4 Å². The Morgan fingerprint density at radius 3 is 2.34 bits per heavy atom. The van der Waals surface area contributed by atoms with Crippen molar-refractivity contribution in [2.45, 2.75) is 51.9 Å². The van der Waals surface area contributed by atoms with E-state index in [2.05, 4.69) is 129 Å². The molecule has 2 heteroatoms. The van der Waals surface area contributed by atoms with Crippen LogP contribution in [-0.2, 0) is 6.42 Å². The van der Waals surface area contributed by atoms with E-state index in [1.54, 1.807) is 0 Å². The normalized spacial score (nSPS) is 14.7. The lowest BCUT2D eigenvalue weighted by molar-refractivity contribution is 0.397. The average Bonchev–Trinajstić information content (AvgIpc) is 2.95. The molecule has 38 heavy (non-hydrogen) atoms. The third-order valence-corrected chi connectivity index (χ3v) is 7.38. The van der Waals surface area contributed by atoms with Crippen LogP contribution in [0.1, 0.15) is 56.6 Å². The Hall–Kier alpha value is -3.52. The minimum atomic E-state index is 0.534. The summed E-state index contributed by atoms with van der Waals surface area (Å²) >= 11 is 0. The van der Waals surface area contributed by atoms with E-state index < -0.39 is 0 Å². The summed E-state index contributed by atoms with van der Waals surface area (Å²) < 4.78 is 0. The predicted molar refractivity (Wildman–Crippen MR) is 170 cm³/mol. The molecule has 0 N–H and O–H groups in total. The van der Waals surface area contributed by atoms with Crippen LogP contribution in [-0.4, -0.2) is 20.6 Å². The first-order valence-electron chi connectivity index (χ1n) is 14.1. The van der Waals surface area contributed by atoms with Gasteiger partial charge in [-0.25, -0.2) is 0 Å². The molecule has 2 aromatic rings. The van der Waals surface area contributed by atoms with Gasteiger partial charge in [-0.2, -0.15) is 0 Å². The van der Waals surface area contributed by atoms with Crippen LogP contribution in [0.15, 0.2) is 115 Å². The molecule has 2 nitrogen and oxygen atoms in total. The summed E-state index contributed by atoms with van der Waals surface area (Å²) in [5, 5.41) is 0. The van der Waals surface area contributed by atoms with Gasteiger partial charge in [0.1, 0.15) is 0 Å². The topological polar surface area (TPSA) is 6.48 Å². The lowest BCUT2D eigenvalue weighted by Crippen LogP contribution is -2.29. The number of anilines is 2. The van der Waals surface area contributed by atoms with Gasteiger partial charge in [0.25, 0.3) is 0 Å². The third-order valence-electron chi connectivity index (χ3n) is 7.38. The lowest BCUT2D eigenvalue weighted by atomic mass is 9.86. The fourth-order valence-corrected chi connectivity index (χ4v) is 4.91.